The summed E-state index contributed by atoms with van der Waals surface area (Å²) in [4.78, 5) is 28.2. The standard InChI is InChI=1S/C26H18ClNO6/c1-33-19-9-5-6-15-13-20(34-25(15)19)23(30)21-22(14-10-11-18(29)17(27)12-14)28(26(32)24(21)31)16-7-3-2-4-8-16/h2-13,22,29,31H,1H3. The van der Waals surface area contributed by atoms with Gasteiger partial charge in [-0.2, -0.15) is 0 Å². The number of methoxy groups -OCH3 is 1. The Morgan fingerprint density at radius 3 is 2.50 bits per heavy atom. The number of aliphatic hydroxyl groups is 1. The molecule has 8 heteroatoms. The fourth-order valence-electron chi connectivity index (χ4n) is 4.14. The zero-order valence-electron chi connectivity index (χ0n) is 17.9. The smallest absolute Gasteiger partial charge is 0.294 e. The van der Waals surface area contributed by atoms with Crippen LogP contribution in [0.2, 0.25) is 5.02 Å². The first-order valence-electron chi connectivity index (χ1n) is 10.3. The Morgan fingerprint density at radius 1 is 1.03 bits per heavy atom. The van der Waals surface area contributed by atoms with E-state index in [1.165, 1.54) is 30.2 Å². The number of furan rings is 1. The zero-order chi connectivity index (χ0) is 24.0. The number of phenols is 1. The molecule has 0 radical (unpaired) electrons. The van der Waals surface area contributed by atoms with Gasteiger partial charge in [0.2, 0.25) is 5.78 Å². The van der Waals surface area contributed by atoms with Gasteiger partial charge in [-0.3, -0.25) is 14.5 Å². The molecule has 0 aliphatic carbocycles. The van der Waals surface area contributed by atoms with Gasteiger partial charge in [-0.05, 0) is 42.0 Å². The van der Waals surface area contributed by atoms with Crippen LogP contribution in [0.3, 0.4) is 0 Å². The van der Waals surface area contributed by atoms with Crippen LogP contribution in [0, 0.1) is 0 Å². The Kier molecular flexibility index (Phi) is 5.26. The Balaban J connectivity index is 1.68. The number of rotatable bonds is 5. The topological polar surface area (TPSA) is 100 Å². The monoisotopic (exact) mass is 475 g/mol. The van der Waals surface area contributed by atoms with Crippen LogP contribution < -0.4 is 9.64 Å². The van der Waals surface area contributed by atoms with Crippen molar-refractivity contribution in [1.29, 1.82) is 0 Å². The van der Waals surface area contributed by atoms with Crippen LogP contribution in [0.25, 0.3) is 11.0 Å². The quantitative estimate of drug-likeness (QED) is 0.365. The largest absolute Gasteiger partial charge is 0.506 e. The van der Waals surface area contributed by atoms with Crippen LogP contribution in [0.15, 0.2) is 88.5 Å². The van der Waals surface area contributed by atoms with Crippen molar-refractivity contribution in [3.05, 3.63) is 100 Å². The molecule has 1 unspecified atom stereocenters. The molecule has 2 N–H and O–H groups in total. The molecule has 0 saturated heterocycles. The number of hydrogen-bond donors (Lipinski definition) is 2. The molecule has 0 saturated carbocycles. The maximum atomic E-state index is 13.7. The van der Waals surface area contributed by atoms with Gasteiger partial charge in [-0.25, -0.2) is 0 Å². The van der Waals surface area contributed by atoms with Crippen molar-refractivity contribution < 1.29 is 29.0 Å². The predicted octanol–water partition coefficient (Wildman–Crippen LogP) is 5.58. The molecule has 170 valence electrons. The highest BCUT2D eigenvalue weighted by Gasteiger charge is 2.45. The van der Waals surface area contributed by atoms with E-state index < -0.39 is 23.5 Å². The summed E-state index contributed by atoms with van der Waals surface area (Å²) in [5.74, 6) is -1.83. The summed E-state index contributed by atoms with van der Waals surface area (Å²) in [6.07, 6.45) is 0. The number of halogens is 1. The van der Waals surface area contributed by atoms with Crippen molar-refractivity contribution >= 4 is 39.9 Å². The minimum Gasteiger partial charge on any atom is -0.506 e. The van der Waals surface area contributed by atoms with E-state index in [1.54, 1.807) is 54.6 Å². The number of amides is 1. The lowest BCUT2D eigenvalue weighted by molar-refractivity contribution is -0.117. The van der Waals surface area contributed by atoms with Crippen LogP contribution in [0.4, 0.5) is 5.69 Å². The molecule has 1 aliphatic rings. The third-order valence-corrected chi connectivity index (χ3v) is 6.03. The second-order valence-corrected chi connectivity index (χ2v) is 8.11. The number of hydrogen-bond acceptors (Lipinski definition) is 6. The van der Waals surface area contributed by atoms with Crippen molar-refractivity contribution in [2.24, 2.45) is 0 Å². The summed E-state index contributed by atoms with van der Waals surface area (Å²) in [6, 6.07) is 18.8. The summed E-state index contributed by atoms with van der Waals surface area (Å²) in [7, 11) is 1.49. The molecule has 3 aromatic carbocycles. The molecule has 5 rings (SSSR count). The van der Waals surface area contributed by atoms with E-state index in [9.17, 15) is 19.8 Å². The number of benzene rings is 3. The predicted molar refractivity (Wildman–Crippen MR) is 127 cm³/mol. The lowest BCUT2D eigenvalue weighted by Crippen LogP contribution is -2.31. The summed E-state index contributed by atoms with van der Waals surface area (Å²) < 4.78 is 11.1. The molecule has 0 bridgehead atoms. The average molecular weight is 476 g/mol. The number of carbonyl (C=O) groups is 2. The number of ether oxygens (including phenoxy) is 1. The van der Waals surface area contributed by atoms with Crippen molar-refractivity contribution in [3.8, 4) is 11.5 Å². The Bertz CT molecular complexity index is 1470. The van der Waals surface area contributed by atoms with Gasteiger partial charge in [0.15, 0.2) is 22.9 Å². The Morgan fingerprint density at radius 2 is 1.79 bits per heavy atom. The normalized spacial score (nSPS) is 15.9. The molecule has 2 heterocycles. The number of carbonyl (C=O) groups excluding carboxylic acids is 2. The lowest BCUT2D eigenvalue weighted by Gasteiger charge is -2.27. The van der Waals surface area contributed by atoms with Crippen LogP contribution in [-0.4, -0.2) is 29.0 Å². The third-order valence-electron chi connectivity index (χ3n) is 5.73. The van der Waals surface area contributed by atoms with E-state index >= 15 is 0 Å². The van der Waals surface area contributed by atoms with Gasteiger partial charge in [-0.15, -0.1) is 0 Å². The number of aromatic hydroxyl groups is 1. The second-order valence-electron chi connectivity index (χ2n) is 7.70. The summed E-state index contributed by atoms with van der Waals surface area (Å²) in [6.45, 7) is 0. The van der Waals surface area contributed by atoms with E-state index in [0.717, 1.165) is 0 Å². The number of Topliss-reactive ketones (excluding diaryl/α,β-unsaturated/α-hetero) is 1. The number of aliphatic hydroxyl groups excluding tert-OH is 1. The molecule has 34 heavy (non-hydrogen) atoms. The highest BCUT2D eigenvalue weighted by atomic mass is 35.5. The van der Waals surface area contributed by atoms with Crippen LogP contribution in [0.1, 0.15) is 22.2 Å². The number of ketones is 1. The lowest BCUT2D eigenvalue weighted by atomic mass is 9.94. The van der Waals surface area contributed by atoms with Gasteiger partial charge < -0.3 is 19.4 Å². The second kappa shape index (κ2) is 8.28. The SMILES string of the molecule is COc1cccc2cc(C(=O)C3=C(O)C(=O)N(c4ccccc4)C3c3ccc(O)c(Cl)c3)oc12. The van der Waals surface area contributed by atoms with Gasteiger partial charge >= 0.3 is 0 Å². The highest BCUT2D eigenvalue weighted by Crippen LogP contribution is 2.44. The van der Waals surface area contributed by atoms with Gasteiger partial charge in [0.05, 0.1) is 23.7 Å². The minimum absolute atomic E-state index is 0.0459. The molecule has 0 spiro atoms. The fourth-order valence-corrected chi connectivity index (χ4v) is 4.33. The molecule has 4 aromatic rings. The zero-order valence-corrected chi connectivity index (χ0v) is 18.6. The van der Waals surface area contributed by atoms with Gasteiger partial charge in [-0.1, -0.05) is 48.0 Å². The molecule has 1 aromatic heterocycles. The Hall–Kier alpha value is -4.23. The van der Waals surface area contributed by atoms with Crippen LogP contribution in [0.5, 0.6) is 11.5 Å². The first kappa shape index (κ1) is 21.6. The van der Waals surface area contributed by atoms with E-state index in [0.29, 0.717) is 28.0 Å². The number of anilines is 1. The minimum atomic E-state index is -1.00. The number of fused-ring (bicyclic) bond motifs is 1. The summed E-state index contributed by atoms with van der Waals surface area (Å²) in [5.41, 5.74) is 1.12. The first-order valence-corrected chi connectivity index (χ1v) is 10.7. The molecular formula is C26H18ClNO6. The van der Waals surface area contributed by atoms with Gasteiger partial charge in [0.1, 0.15) is 5.75 Å². The van der Waals surface area contributed by atoms with Crippen molar-refractivity contribution in [3.63, 3.8) is 0 Å². The summed E-state index contributed by atoms with van der Waals surface area (Å²) in [5, 5.41) is 21.4. The molecule has 1 atom stereocenters. The molecule has 0 fully saturated rings. The number of para-hydroxylation sites is 2. The van der Waals surface area contributed by atoms with E-state index in [2.05, 4.69) is 0 Å². The Labute approximate surface area is 199 Å². The van der Waals surface area contributed by atoms with Crippen molar-refractivity contribution in [2.75, 3.05) is 12.0 Å². The third kappa shape index (κ3) is 3.38. The van der Waals surface area contributed by atoms with Crippen LogP contribution in [-0.2, 0) is 4.79 Å². The van der Waals surface area contributed by atoms with Gasteiger partial charge in [0.25, 0.3) is 5.91 Å². The fraction of sp³-hybridized carbons (Fsp3) is 0.0769. The summed E-state index contributed by atoms with van der Waals surface area (Å²) >= 11 is 6.14. The van der Waals surface area contributed by atoms with E-state index in [4.69, 9.17) is 20.8 Å². The maximum absolute atomic E-state index is 13.7. The first-order chi connectivity index (χ1) is 16.4. The number of phenolic OH excluding ortho intramolecular Hbond substituents is 1. The van der Waals surface area contributed by atoms with Gasteiger partial charge in [0, 0.05) is 11.1 Å². The van der Waals surface area contributed by atoms with Crippen LogP contribution >= 0.6 is 11.6 Å². The molecule has 1 amide bonds. The maximum Gasteiger partial charge on any atom is 0.294 e. The van der Waals surface area contributed by atoms with E-state index in [-0.39, 0.29) is 22.1 Å². The average Bonchev–Trinajstić information content (AvgIpc) is 3.40. The highest BCUT2D eigenvalue weighted by molar-refractivity contribution is 6.32. The molecular weight excluding hydrogens is 458 g/mol. The van der Waals surface area contributed by atoms with Crippen molar-refractivity contribution in [2.45, 2.75) is 6.04 Å². The van der Waals surface area contributed by atoms with Crippen molar-refractivity contribution in [1.82, 2.24) is 0 Å². The van der Waals surface area contributed by atoms with E-state index in [1.807, 2.05) is 0 Å². The molecule has 7 nitrogen and oxygen atoms in total. The molecule has 1 aliphatic heterocycles. The number of nitrogens with zero attached hydrogens (tertiary/aromatic N) is 1.